The molecule has 0 atom stereocenters. The number of ether oxygens (including phenoxy) is 1. The summed E-state index contributed by atoms with van der Waals surface area (Å²) < 4.78 is 11.0. The Morgan fingerprint density at radius 3 is 2.67 bits per heavy atom. The minimum absolute atomic E-state index is 0.186. The third kappa shape index (κ3) is 3.08. The highest BCUT2D eigenvalue weighted by Gasteiger charge is 2.10. The van der Waals surface area contributed by atoms with Crippen LogP contribution < -0.4 is 15.9 Å². The standard InChI is InChI=1S/C18H16N2O4/c1-20(2)18(22)23-13-5-3-4-11(8-13)17-10-15(21)14-9-12(19)6-7-16(14)24-17/h3-10H,19H2,1-2H3. The molecule has 122 valence electrons. The number of anilines is 1. The molecule has 0 aliphatic carbocycles. The molecule has 3 rings (SSSR count). The minimum atomic E-state index is -0.484. The van der Waals surface area contributed by atoms with Crippen LogP contribution in [-0.2, 0) is 0 Å². The summed E-state index contributed by atoms with van der Waals surface area (Å²) in [6.07, 6.45) is -0.484. The molecule has 24 heavy (non-hydrogen) atoms. The first-order valence-electron chi connectivity index (χ1n) is 7.27. The Kier molecular flexibility index (Phi) is 3.95. The lowest BCUT2D eigenvalue weighted by molar-refractivity contribution is 0.172. The summed E-state index contributed by atoms with van der Waals surface area (Å²) in [4.78, 5) is 25.2. The number of amides is 1. The summed E-state index contributed by atoms with van der Waals surface area (Å²) in [7, 11) is 3.19. The van der Waals surface area contributed by atoms with Gasteiger partial charge in [0.15, 0.2) is 5.43 Å². The molecule has 0 unspecified atom stereocenters. The van der Waals surface area contributed by atoms with Crippen molar-refractivity contribution >= 4 is 22.7 Å². The quantitative estimate of drug-likeness (QED) is 0.732. The van der Waals surface area contributed by atoms with Crippen molar-refractivity contribution in [2.45, 2.75) is 0 Å². The topological polar surface area (TPSA) is 85.8 Å². The average molecular weight is 324 g/mol. The number of carbonyl (C=O) groups is 1. The lowest BCUT2D eigenvalue weighted by Crippen LogP contribution is -2.25. The molecular formula is C18H16N2O4. The highest BCUT2D eigenvalue weighted by Crippen LogP contribution is 2.26. The molecule has 2 aromatic carbocycles. The van der Waals surface area contributed by atoms with Gasteiger partial charge in [-0.25, -0.2) is 4.79 Å². The van der Waals surface area contributed by atoms with Crippen molar-refractivity contribution in [3.05, 3.63) is 58.8 Å². The molecule has 3 aromatic rings. The second-order valence-corrected chi connectivity index (χ2v) is 5.52. The van der Waals surface area contributed by atoms with Gasteiger partial charge in [0.2, 0.25) is 0 Å². The lowest BCUT2D eigenvalue weighted by Gasteiger charge is -2.11. The molecule has 2 N–H and O–H groups in total. The zero-order chi connectivity index (χ0) is 17.3. The minimum Gasteiger partial charge on any atom is -0.456 e. The number of benzene rings is 2. The lowest BCUT2D eigenvalue weighted by atomic mass is 10.1. The van der Waals surface area contributed by atoms with Gasteiger partial charge in [0.05, 0.1) is 5.39 Å². The van der Waals surface area contributed by atoms with E-state index in [-0.39, 0.29) is 5.43 Å². The van der Waals surface area contributed by atoms with E-state index >= 15 is 0 Å². The summed E-state index contributed by atoms with van der Waals surface area (Å²) in [5.41, 5.74) is 7.09. The summed E-state index contributed by atoms with van der Waals surface area (Å²) in [5.74, 6) is 0.756. The van der Waals surface area contributed by atoms with Crippen LogP contribution in [0.25, 0.3) is 22.3 Å². The van der Waals surface area contributed by atoms with Gasteiger partial charge < -0.3 is 19.8 Å². The maximum Gasteiger partial charge on any atom is 0.414 e. The van der Waals surface area contributed by atoms with Crippen molar-refractivity contribution < 1.29 is 13.9 Å². The third-order valence-corrected chi connectivity index (χ3v) is 3.44. The van der Waals surface area contributed by atoms with Crippen molar-refractivity contribution in [2.24, 2.45) is 0 Å². The van der Waals surface area contributed by atoms with Gasteiger partial charge in [-0.2, -0.15) is 0 Å². The second kappa shape index (κ2) is 6.08. The number of hydrogen-bond acceptors (Lipinski definition) is 5. The number of nitrogens with two attached hydrogens (primary N) is 1. The van der Waals surface area contributed by atoms with Crippen molar-refractivity contribution in [3.63, 3.8) is 0 Å². The Morgan fingerprint density at radius 2 is 1.92 bits per heavy atom. The second-order valence-electron chi connectivity index (χ2n) is 5.52. The summed E-state index contributed by atoms with van der Waals surface area (Å²) in [6.45, 7) is 0. The van der Waals surface area contributed by atoms with Gasteiger partial charge in [0, 0.05) is 31.4 Å². The largest absolute Gasteiger partial charge is 0.456 e. The van der Waals surface area contributed by atoms with Crippen LogP contribution in [0.5, 0.6) is 5.75 Å². The molecule has 1 amide bonds. The molecule has 0 saturated heterocycles. The normalized spacial score (nSPS) is 10.6. The van der Waals surface area contributed by atoms with Crippen LogP contribution in [0.3, 0.4) is 0 Å². The van der Waals surface area contributed by atoms with E-state index in [1.165, 1.54) is 11.0 Å². The molecule has 1 aromatic heterocycles. The van der Waals surface area contributed by atoms with Crippen molar-refractivity contribution in [3.8, 4) is 17.1 Å². The highest BCUT2D eigenvalue weighted by molar-refractivity contribution is 5.82. The number of carbonyl (C=O) groups excluding carboxylic acids is 1. The molecule has 0 saturated carbocycles. The van der Waals surface area contributed by atoms with Gasteiger partial charge in [0.25, 0.3) is 0 Å². The van der Waals surface area contributed by atoms with Gasteiger partial charge in [-0.1, -0.05) is 12.1 Å². The maximum absolute atomic E-state index is 12.3. The molecular weight excluding hydrogens is 308 g/mol. The van der Waals surface area contributed by atoms with Crippen LogP contribution in [0, 0.1) is 0 Å². The average Bonchev–Trinajstić information content (AvgIpc) is 2.55. The number of hydrogen-bond donors (Lipinski definition) is 1. The van der Waals surface area contributed by atoms with Gasteiger partial charge in [-0.05, 0) is 30.3 Å². The Hall–Kier alpha value is -3.28. The molecule has 0 spiro atoms. The SMILES string of the molecule is CN(C)C(=O)Oc1cccc(-c2cc(=O)c3cc(N)ccc3o2)c1. The van der Waals surface area contributed by atoms with Gasteiger partial charge in [-0.15, -0.1) is 0 Å². The Labute approximate surface area is 138 Å². The zero-order valence-electron chi connectivity index (χ0n) is 13.3. The number of nitrogen functional groups attached to an aromatic ring is 1. The van der Waals surface area contributed by atoms with Crippen LogP contribution in [0.4, 0.5) is 10.5 Å². The monoisotopic (exact) mass is 324 g/mol. The Balaban J connectivity index is 2.03. The predicted molar refractivity (Wildman–Crippen MR) is 92.0 cm³/mol. The van der Waals surface area contributed by atoms with Crippen LogP contribution in [0.2, 0.25) is 0 Å². The first kappa shape index (κ1) is 15.6. The maximum atomic E-state index is 12.3. The zero-order valence-corrected chi connectivity index (χ0v) is 13.3. The van der Waals surface area contributed by atoms with E-state index in [1.54, 1.807) is 56.6 Å². The smallest absolute Gasteiger partial charge is 0.414 e. The molecule has 0 aliphatic heterocycles. The fraction of sp³-hybridized carbons (Fsp3) is 0.111. The van der Waals surface area contributed by atoms with Crippen molar-refractivity contribution in [2.75, 3.05) is 19.8 Å². The molecule has 0 radical (unpaired) electrons. The van der Waals surface area contributed by atoms with E-state index < -0.39 is 6.09 Å². The van der Waals surface area contributed by atoms with E-state index in [0.29, 0.717) is 33.7 Å². The molecule has 1 heterocycles. The van der Waals surface area contributed by atoms with E-state index in [4.69, 9.17) is 14.9 Å². The molecule has 0 aliphatic rings. The van der Waals surface area contributed by atoms with E-state index in [1.807, 2.05) is 0 Å². The number of fused-ring (bicyclic) bond motifs is 1. The molecule has 6 nitrogen and oxygen atoms in total. The van der Waals surface area contributed by atoms with E-state index in [0.717, 1.165) is 0 Å². The van der Waals surface area contributed by atoms with Crippen LogP contribution >= 0.6 is 0 Å². The van der Waals surface area contributed by atoms with Gasteiger partial charge in [0.1, 0.15) is 17.1 Å². The number of rotatable bonds is 2. The Bertz CT molecular complexity index is 976. The predicted octanol–water partition coefficient (Wildman–Crippen LogP) is 3.10. The first-order chi connectivity index (χ1) is 11.4. The van der Waals surface area contributed by atoms with Crippen LogP contribution in [-0.4, -0.2) is 25.1 Å². The summed E-state index contributed by atoms with van der Waals surface area (Å²) >= 11 is 0. The first-order valence-corrected chi connectivity index (χ1v) is 7.27. The fourth-order valence-corrected chi connectivity index (χ4v) is 2.22. The molecule has 0 fully saturated rings. The molecule has 0 bridgehead atoms. The third-order valence-electron chi connectivity index (χ3n) is 3.44. The van der Waals surface area contributed by atoms with E-state index in [9.17, 15) is 9.59 Å². The summed E-state index contributed by atoms with van der Waals surface area (Å²) in [6, 6.07) is 13.1. The highest BCUT2D eigenvalue weighted by atomic mass is 16.6. The van der Waals surface area contributed by atoms with Crippen molar-refractivity contribution in [1.29, 1.82) is 0 Å². The fourth-order valence-electron chi connectivity index (χ4n) is 2.22. The van der Waals surface area contributed by atoms with E-state index in [2.05, 4.69) is 0 Å². The van der Waals surface area contributed by atoms with Crippen LogP contribution in [0.1, 0.15) is 0 Å². The Morgan fingerprint density at radius 1 is 1.12 bits per heavy atom. The number of nitrogens with zero attached hydrogens (tertiary/aromatic N) is 1. The van der Waals surface area contributed by atoms with Gasteiger partial charge in [-0.3, -0.25) is 4.79 Å². The van der Waals surface area contributed by atoms with Crippen molar-refractivity contribution in [1.82, 2.24) is 4.90 Å². The van der Waals surface area contributed by atoms with Crippen LogP contribution in [0.15, 0.2) is 57.7 Å². The van der Waals surface area contributed by atoms with Gasteiger partial charge >= 0.3 is 6.09 Å². The summed E-state index contributed by atoms with van der Waals surface area (Å²) in [5, 5.41) is 0.425. The molecule has 6 heteroatoms.